The molecule has 0 bridgehead atoms. The molecule has 1 unspecified atom stereocenters. The van der Waals surface area contributed by atoms with Crippen LogP contribution in [-0.2, 0) is 4.79 Å². The van der Waals surface area contributed by atoms with Crippen molar-refractivity contribution in [1.82, 2.24) is 15.1 Å². The van der Waals surface area contributed by atoms with Gasteiger partial charge in [0.25, 0.3) is 0 Å². The van der Waals surface area contributed by atoms with E-state index in [0.717, 1.165) is 22.4 Å². The van der Waals surface area contributed by atoms with E-state index in [4.69, 9.17) is 4.42 Å². The van der Waals surface area contributed by atoms with Gasteiger partial charge in [0.05, 0.1) is 12.6 Å². The van der Waals surface area contributed by atoms with Gasteiger partial charge in [-0.15, -0.1) is 10.2 Å². The lowest BCUT2D eigenvalue weighted by Gasteiger charge is -2.22. The van der Waals surface area contributed by atoms with Crippen LogP contribution in [0.3, 0.4) is 0 Å². The van der Waals surface area contributed by atoms with Gasteiger partial charge in [0.1, 0.15) is 0 Å². The van der Waals surface area contributed by atoms with E-state index in [1.165, 1.54) is 11.1 Å². The summed E-state index contributed by atoms with van der Waals surface area (Å²) in [5, 5.41) is 11.4. The Kier molecular flexibility index (Phi) is 6.13. The fourth-order valence-corrected chi connectivity index (χ4v) is 3.32. The Morgan fingerprint density at radius 3 is 2.28 bits per heavy atom. The second kappa shape index (κ2) is 8.57. The van der Waals surface area contributed by atoms with E-state index in [9.17, 15) is 4.79 Å². The molecule has 1 heterocycles. The molecule has 29 heavy (non-hydrogen) atoms. The monoisotopic (exact) mass is 392 g/mol. The van der Waals surface area contributed by atoms with Crippen molar-refractivity contribution >= 4 is 11.6 Å². The predicted molar refractivity (Wildman–Crippen MR) is 115 cm³/mol. The molecule has 6 heteroatoms. The van der Waals surface area contributed by atoms with Gasteiger partial charge in [-0.2, -0.15) is 0 Å². The Labute approximate surface area is 172 Å². The van der Waals surface area contributed by atoms with Gasteiger partial charge in [-0.3, -0.25) is 9.69 Å². The minimum Gasteiger partial charge on any atom is -0.419 e. The number of likely N-dealkylation sites (N-methyl/N-ethyl adjacent to an activating group) is 1. The molecule has 3 aromatic rings. The first-order chi connectivity index (χ1) is 13.7. The summed E-state index contributed by atoms with van der Waals surface area (Å²) >= 11 is 0. The first-order valence-corrected chi connectivity index (χ1v) is 9.73. The number of aryl methyl sites for hydroxylation is 4. The second-order valence-corrected chi connectivity index (χ2v) is 7.72. The quantitative estimate of drug-likeness (QED) is 0.664. The molecule has 0 spiro atoms. The van der Waals surface area contributed by atoms with Crippen LogP contribution in [0.4, 0.5) is 5.69 Å². The molecule has 0 fully saturated rings. The number of benzene rings is 2. The number of nitrogens with one attached hydrogen (secondary N) is 1. The smallest absolute Gasteiger partial charge is 0.247 e. The van der Waals surface area contributed by atoms with E-state index in [2.05, 4.69) is 34.6 Å². The molecule has 1 amide bonds. The lowest BCUT2D eigenvalue weighted by atomic mass is 10.1. The molecule has 6 nitrogen and oxygen atoms in total. The van der Waals surface area contributed by atoms with Crippen molar-refractivity contribution in [2.24, 2.45) is 0 Å². The lowest BCUT2D eigenvalue weighted by Crippen LogP contribution is -2.32. The Balaban J connectivity index is 1.65. The summed E-state index contributed by atoms with van der Waals surface area (Å²) in [4.78, 5) is 14.5. The topological polar surface area (TPSA) is 71.3 Å². The number of hydrogen-bond donors (Lipinski definition) is 1. The number of amides is 1. The largest absolute Gasteiger partial charge is 0.419 e. The van der Waals surface area contributed by atoms with Crippen molar-refractivity contribution in [3.63, 3.8) is 0 Å². The van der Waals surface area contributed by atoms with Crippen LogP contribution in [0.5, 0.6) is 0 Å². The molecular formula is C23H28N4O2. The van der Waals surface area contributed by atoms with E-state index in [1.54, 1.807) is 0 Å². The van der Waals surface area contributed by atoms with Gasteiger partial charge in [0, 0.05) is 11.3 Å². The maximum absolute atomic E-state index is 12.6. The highest BCUT2D eigenvalue weighted by Gasteiger charge is 2.21. The van der Waals surface area contributed by atoms with Gasteiger partial charge >= 0.3 is 0 Å². The van der Waals surface area contributed by atoms with Crippen molar-refractivity contribution in [3.8, 4) is 11.5 Å². The maximum atomic E-state index is 12.6. The fraction of sp³-hybridized carbons (Fsp3) is 0.348. The highest BCUT2D eigenvalue weighted by Crippen LogP contribution is 2.24. The van der Waals surface area contributed by atoms with Crippen LogP contribution < -0.4 is 5.32 Å². The molecule has 1 aromatic heterocycles. The summed E-state index contributed by atoms with van der Waals surface area (Å²) in [6, 6.07) is 11.9. The molecule has 0 radical (unpaired) electrons. The van der Waals surface area contributed by atoms with Crippen LogP contribution in [0.15, 0.2) is 40.8 Å². The van der Waals surface area contributed by atoms with Gasteiger partial charge in [0.15, 0.2) is 0 Å². The molecule has 2 aromatic carbocycles. The summed E-state index contributed by atoms with van der Waals surface area (Å²) in [6.45, 7) is 10.3. The third-order valence-electron chi connectivity index (χ3n) is 5.09. The van der Waals surface area contributed by atoms with Crippen molar-refractivity contribution in [1.29, 1.82) is 0 Å². The Morgan fingerprint density at radius 2 is 1.66 bits per heavy atom. The molecule has 0 aliphatic rings. The minimum atomic E-state index is -0.187. The molecule has 0 aliphatic carbocycles. The number of anilines is 1. The standard InChI is InChI=1S/C23H28N4O2/c1-14-7-9-19(10-8-14)23-26-25-22(29-23)18(5)27(6)13-20(28)24-21-16(3)11-15(2)12-17(21)4/h7-12,18H,13H2,1-6H3,(H,24,28). The van der Waals surface area contributed by atoms with Crippen LogP contribution in [0, 0.1) is 27.7 Å². The SMILES string of the molecule is Cc1ccc(-c2nnc(C(C)N(C)CC(=O)Nc3c(C)cc(C)cc3C)o2)cc1. The van der Waals surface area contributed by atoms with Gasteiger partial charge in [0.2, 0.25) is 17.7 Å². The number of carbonyl (C=O) groups excluding carboxylic acids is 1. The van der Waals surface area contributed by atoms with Crippen molar-refractivity contribution in [2.45, 2.75) is 40.7 Å². The fourth-order valence-electron chi connectivity index (χ4n) is 3.32. The van der Waals surface area contributed by atoms with Crippen LogP contribution >= 0.6 is 0 Å². The Bertz CT molecular complexity index is 985. The zero-order valence-corrected chi connectivity index (χ0v) is 17.9. The third-order valence-corrected chi connectivity index (χ3v) is 5.09. The van der Waals surface area contributed by atoms with Gasteiger partial charge < -0.3 is 9.73 Å². The summed E-state index contributed by atoms with van der Waals surface area (Å²) in [7, 11) is 1.87. The lowest BCUT2D eigenvalue weighted by molar-refractivity contribution is -0.117. The summed E-state index contributed by atoms with van der Waals surface area (Å²) in [5.74, 6) is 0.891. The van der Waals surface area contributed by atoms with Crippen LogP contribution in [0.25, 0.3) is 11.5 Å². The van der Waals surface area contributed by atoms with Gasteiger partial charge in [-0.25, -0.2) is 0 Å². The highest BCUT2D eigenvalue weighted by atomic mass is 16.4. The molecule has 1 N–H and O–H groups in total. The number of aromatic nitrogens is 2. The summed E-state index contributed by atoms with van der Waals surface area (Å²) < 4.78 is 5.85. The Morgan fingerprint density at radius 1 is 1.03 bits per heavy atom. The van der Waals surface area contributed by atoms with Crippen molar-refractivity contribution in [2.75, 3.05) is 18.9 Å². The zero-order chi connectivity index (χ0) is 21.1. The molecular weight excluding hydrogens is 364 g/mol. The molecule has 152 valence electrons. The number of hydrogen-bond acceptors (Lipinski definition) is 5. The van der Waals surface area contributed by atoms with Gasteiger partial charge in [-0.1, -0.05) is 35.4 Å². The van der Waals surface area contributed by atoms with Crippen LogP contribution in [0.2, 0.25) is 0 Å². The molecule has 0 saturated heterocycles. The molecule has 1 atom stereocenters. The van der Waals surface area contributed by atoms with Gasteiger partial charge in [-0.05, 0) is 64.9 Å². The number of nitrogens with zero attached hydrogens (tertiary/aromatic N) is 3. The first kappa shape index (κ1) is 20.7. The Hall–Kier alpha value is -2.99. The zero-order valence-electron chi connectivity index (χ0n) is 17.9. The number of carbonyl (C=O) groups is 1. The van der Waals surface area contributed by atoms with Crippen molar-refractivity contribution in [3.05, 3.63) is 64.5 Å². The number of rotatable bonds is 6. The normalized spacial score (nSPS) is 12.2. The van der Waals surface area contributed by atoms with E-state index >= 15 is 0 Å². The van der Waals surface area contributed by atoms with Crippen LogP contribution in [0.1, 0.15) is 41.1 Å². The summed E-state index contributed by atoms with van der Waals surface area (Å²) in [5.41, 5.74) is 6.24. The van der Waals surface area contributed by atoms with E-state index in [1.807, 2.05) is 63.9 Å². The first-order valence-electron chi connectivity index (χ1n) is 9.73. The average molecular weight is 393 g/mol. The third kappa shape index (κ3) is 4.90. The minimum absolute atomic E-state index is 0.0762. The van der Waals surface area contributed by atoms with E-state index < -0.39 is 0 Å². The highest BCUT2D eigenvalue weighted by molar-refractivity contribution is 5.93. The average Bonchev–Trinajstić information content (AvgIpc) is 3.14. The summed E-state index contributed by atoms with van der Waals surface area (Å²) in [6.07, 6.45) is 0. The molecule has 0 aliphatic heterocycles. The maximum Gasteiger partial charge on any atom is 0.247 e. The molecule has 0 saturated carbocycles. The van der Waals surface area contributed by atoms with E-state index in [-0.39, 0.29) is 18.5 Å². The second-order valence-electron chi connectivity index (χ2n) is 7.72. The van der Waals surface area contributed by atoms with E-state index in [0.29, 0.717) is 11.8 Å². The predicted octanol–water partition coefficient (Wildman–Crippen LogP) is 4.60. The van der Waals surface area contributed by atoms with Crippen LogP contribution in [-0.4, -0.2) is 34.6 Å². The van der Waals surface area contributed by atoms with Crippen molar-refractivity contribution < 1.29 is 9.21 Å². The molecule has 3 rings (SSSR count).